The molecule has 0 bridgehead atoms. The van der Waals surface area contributed by atoms with Gasteiger partial charge in [0.25, 0.3) is 0 Å². The van der Waals surface area contributed by atoms with Crippen LogP contribution in [0.1, 0.15) is 19.8 Å². The van der Waals surface area contributed by atoms with Gasteiger partial charge in [-0.15, -0.1) is 23.2 Å². The lowest BCUT2D eigenvalue weighted by Crippen LogP contribution is -2.44. The van der Waals surface area contributed by atoms with Crippen molar-refractivity contribution >= 4 is 29.0 Å². The molecule has 0 spiro atoms. The van der Waals surface area contributed by atoms with E-state index in [0.29, 0.717) is 6.42 Å². The number of carbonyl (C=O) groups is 1. The fraction of sp³-hybridized carbons (Fsp3) is 0.889. The Morgan fingerprint density at radius 3 is 2.31 bits per heavy atom. The molecule has 0 unspecified atom stereocenters. The molecule has 76 valence electrons. The molecule has 0 aromatic rings. The summed E-state index contributed by atoms with van der Waals surface area (Å²) in [7, 11) is 0. The lowest BCUT2D eigenvalue weighted by atomic mass is 9.87. The number of rotatable bonds is 3. The van der Waals surface area contributed by atoms with E-state index in [2.05, 4.69) is 0 Å². The monoisotopic (exact) mass is 224 g/mol. The van der Waals surface area contributed by atoms with Crippen molar-refractivity contribution < 1.29 is 9.90 Å². The van der Waals surface area contributed by atoms with Crippen molar-refractivity contribution in [2.45, 2.75) is 25.4 Å². The first-order chi connectivity index (χ1) is 6.05. The van der Waals surface area contributed by atoms with Gasteiger partial charge in [-0.3, -0.25) is 4.79 Å². The Morgan fingerprint density at radius 1 is 1.46 bits per heavy atom. The molecular weight excluding hydrogens is 211 g/mol. The van der Waals surface area contributed by atoms with Crippen molar-refractivity contribution in [2.24, 2.45) is 11.8 Å². The summed E-state index contributed by atoms with van der Waals surface area (Å²) in [5.74, 6) is -0.163. The van der Waals surface area contributed by atoms with Crippen LogP contribution in [0.5, 0.6) is 0 Å². The smallest absolute Gasteiger partial charge is 0.141 e. The Morgan fingerprint density at radius 2 is 2.00 bits per heavy atom. The Hall–Kier alpha value is 0.210. The highest BCUT2D eigenvalue weighted by molar-refractivity contribution is 6.22. The molecule has 0 radical (unpaired) electrons. The van der Waals surface area contributed by atoms with Gasteiger partial charge in [-0.05, 0) is 12.8 Å². The zero-order valence-corrected chi connectivity index (χ0v) is 9.11. The second-order valence-electron chi connectivity index (χ2n) is 3.80. The SMILES string of the molecule is C[C@@H]1CC[C@H](C(O)(CCl)CCl)C1=O. The maximum atomic E-state index is 11.6. The van der Waals surface area contributed by atoms with E-state index >= 15 is 0 Å². The second kappa shape index (κ2) is 4.16. The average Bonchev–Trinajstić information content (AvgIpc) is 2.47. The predicted molar refractivity (Wildman–Crippen MR) is 53.3 cm³/mol. The molecule has 0 aromatic carbocycles. The molecule has 0 aromatic heterocycles. The van der Waals surface area contributed by atoms with Crippen LogP contribution in [0.15, 0.2) is 0 Å². The molecule has 1 aliphatic carbocycles. The van der Waals surface area contributed by atoms with Crippen LogP contribution in [0, 0.1) is 11.8 Å². The molecule has 0 heterocycles. The molecular formula is C9H14Cl2O2. The van der Waals surface area contributed by atoms with Crippen molar-refractivity contribution in [2.75, 3.05) is 11.8 Å². The lowest BCUT2D eigenvalue weighted by Gasteiger charge is -2.28. The summed E-state index contributed by atoms with van der Waals surface area (Å²) in [6.45, 7) is 1.88. The Bertz CT molecular complexity index is 202. The summed E-state index contributed by atoms with van der Waals surface area (Å²) in [6, 6.07) is 0. The fourth-order valence-corrected chi connectivity index (χ4v) is 2.46. The van der Waals surface area contributed by atoms with Gasteiger partial charge >= 0.3 is 0 Å². The van der Waals surface area contributed by atoms with Crippen LogP contribution in [-0.2, 0) is 4.79 Å². The molecule has 2 atom stereocenters. The molecule has 2 nitrogen and oxygen atoms in total. The maximum absolute atomic E-state index is 11.6. The Balaban J connectivity index is 2.76. The molecule has 0 saturated heterocycles. The Kier molecular flexibility index (Phi) is 3.61. The quantitative estimate of drug-likeness (QED) is 0.743. The van der Waals surface area contributed by atoms with Crippen molar-refractivity contribution in [3.63, 3.8) is 0 Å². The van der Waals surface area contributed by atoms with Crippen LogP contribution in [-0.4, -0.2) is 28.3 Å². The second-order valence-corrected chi connectivity index (χ2v) is 4.34. The summed E-state index contributed by atoms with van der Waals surface area (Å²) in [5, 5.41) is 9.93. The van der Waals surface area contributed by atoms with Gasteiger partial charge in [-0.1, -0.05) is 6.92 Å². The van der Waals surface area contributed by atoms with E-state index in [0.717, 1.165) is 6.42 Å². The first-order valence-corrected chi connectivity index (χ1v) is 5.50. The normalized spacial score (nSPS) is 29.7. The molecule has 13 heavy (non-hydrogen) atoms. The zero-order valence-electron chi connectivity index (χ0n) is 7.59. The number of hydrogen-bond donors (Lipinski definition) is 1. The molecule has 1 N–H and O–H groups in total. The number of aliphatic hydroxyl groups is 1. The molecule has 1 saturated carbocycles. The van der Waals surface area contributed by atoms with Crippen LogP contribution in [0.25, 0.3) is 0 Å². The van der Waals surface area contributed by atoms with E-state index < -0.39 is 5.60 Å². The summed E-state index contributed by atoms with van der Waals surface area (Å²) >= 11 is 11.2. The number of alkyl halides is 2. The van der Waals surface area contributed by atoms with Crippen LogP contribution in [0.3, 0.4) is 0 Å². The molecule has 1 fully saturated rings. The number of Topliss-reactive ketones (excluding diaryl/α,β-unsaturated/α-hetero) is 1. The zero-order chi connectivity index (χ0) is 10.1. The van der Waals surface area contributed by atoms with E-state index in [1.165, 1.54) is 0 Å². The lowest BCUT2D eigenvalue weighted by molar-refractivity contribution is -0.129. The molecule has 0 amide bonds. The highest BCUT2D eigenvalue weighted by Gasteiger charge is 2.45. The van der Waals surface area contributed by atoms with Crippen LogP contribution >= 0.6 is 23.2 Å². The first-order valence-electron chi connectivity index (χ1n) is 4.43. The minimum atomic E-state index is -1.20. The molecule has 1 rings (SSSR count). The van der Waals surface area contributed by atoms with E-state index in [-0.39, 0.29) is 29.4 Å². The van der Waals surface area contributed by atoms with E-state index in [1.807, 2.05) is 6.92 Å². The summed E-state index contributed by atoms with van der Waals surface area (Å²) in [4.78, 5) is 11.6. The third-order valence-corrected chi connectivity index (χ3v) is 3.75. The van der Waals surface area contributed by atoms with E-state index in [1.54, 1.807) is 0 Å². The summed E-state index contributed by atoms with van der Waals surface area (Å²) < 4.78 is 0. The molecule has 0 aliphatic heterocycles. The third-order valence-electron chi connectivity index (χ3n) is 2.83. The van der Waals surface area contributed by atoms with Gasteiger partial charge in [0.15, 0.2) is 0 Å². The Labute approximate surface area is 88.2 Å². The minimum Gasteiger partial charge on any atom is -0.387 e. The first kappa shape index (κ1) is 11.3. The fourth-order valence-electron chi connectivity index (χ4n) is 1.80. The number of halogens is 2. The van der Waals surface area contributed by atoms with Gasteiger partial charge in [-0.2, -0.15) is 0 Å². The van der Waals surface area contributed by atoms with Gasteiger partial charge in [0.1, 0.15) is 11.4 Å². The van der Waals surface area contributed by atoms with Crippen molar-refractivity contribution in [1.29, 1.82) is 0 Å². The average molecular weight is 225 g/mol. The highest BCUT2D eigenvalue weighted by atomic mass is 35.5. The largest absolute Gasteiger partial charge is 0.387 e. The summed E-state index contributed by atoms with van der Waals surface area (Å²) in [6.07, 6.45) is 1.54. The van der Waals surface area contributed by atoms with Crippen molar-refractivity contribution in [3.05, 3.63) is 0 Å². The van der Waals surface area contributed by atoms with Gasteiger partial charge in [-0.25, -0.2) is 0 Å². The number of carbonyl (C=O) groups excluding carboxylic acids is 1. The predicted octanol–water partition coefficient (Wildman–Crippen LogP) is 1.81. The maximum Gasteiger partial charge on any atom is 0.141 e. The van der Waals surface area contributed by atoms with Crippen LogP contribution < -0.4 is 0 Å². The minimum absolute atomic E-state index is 0.0274. The van der Waals surface area contributed by atoms with E-state index in [4.69, 9.17) is 23.2 Å². The van der Waals surface area contributed by atoms with Gasteiger partial charge in [0.05, 0.1) is 11.8 Å². The van der Waals surface area contributed by atoms with Crippen LogP contribution in [0.4, 0.5) is 0 Å². The number of hydrogen-bond acceptors (Lipinski definition) is 2. The van der Waals surface area contributed by atoms with Crippen molar-refractivity contribution in [1.82, 2.24) is 0 Å². The van der Waals surface area contributed by atoms with E-state index in [9.17, 15) is 9.90 Å². The van der Waals surface area contributed by atoms with Gasteiger partial charge < -0.3 is 5.11 Å². The van der Waals surface area contributed by atoms with Gasteiger partial charge in [0.2, 0.25) is 0 Å². The third kappa shape index (κ3) is 2.00. The van der Waals surface area contributed by atoms with Gasteiger partial charge in [0, 0.05) is 11.8 Å². The van der Waals surface area contributed by atoms with Crippen molar-refractivity contribution in [3.8, 4) is 0 Å². The molecule has 1 aliphatic rings. The molecule has 4 heteroatoms. The highest BCUT2D eigenvalue weighted by Crippen LogP contribution is 2.36. The topological polar surface area (TPSA) is 37.3 Å². The standard InChI is InChI=1S/C9H14Cl2O2/c1-6-2-3-7(8(6)12)9(13,4-10)5-11/h6-7,13H,2-5H2,1H3/t6-,7+/m1/s1. The number of ketones is 1. The van der Waals surface area contributed by atoms with Crippen LogP contribution in [0.2, 0.25) is 0 Å². The summed E-state index contributed by atoms with van der Waals surface area (Å²) in [5.41, 5.74) is -1.20.